The number of nitrogens with two attached hydrogens (primary N) is 1. The largest absolute Gasteiger partial charge is 0.368 e. The van der Waals surface area contributed by atoms with Crippen LogP contribution in [0.1, 0.15) is 26.2 Å². The average molecular weight is 199 g/mol. The van der Waals surface area contributed by atoms with Crippen molar-refractivity contribution >= 4 is 5.91 Å². The number of nitrogens with zero attached hydrogens (tertiary/aromatic N) is 1. The minimum Gasteiger partial charge on any atom is -0.368 e. The van der Waals surface area contributed by atoms with Crippen LogP contribution in [0, 0.1) is 0 Å². The molecule has 0 bridgehead atoms. The molecule has 0 aliphatic carbocycles. The number of hydrogen-bond acceptors (Lipinski definition) is 3. The van der Waals surface area contributed by atoms with Crippen LogP contribution in [-0.2, 0) is 4.79 Å². The number of rotatable bonds is 3. The second kappa shape index (κ2) is 5.32. The number of carbonyl (C=O) groups is 1. The predicted octanol–water partition coefficient (Wildman–Crippen LogP) is -0.0659. The smallest absolute Gasteiger partial charge is 0.234 e. The summed E-state index contributed by atoms with van der Waals surface area (Å²) in [5.41, 5.74) is 5.29. The second-order valence-electron chi connectivity index (χ2n) is 4.08. The van der Waals surface area contributed by atoms with E-state index in [0.717, 1.165) is 25.9 Å². The van der Waals surface area contributed by atoms with E-state index in [1.807, 2.05) is 14.0 Å². The zero-order valence-corrected chi connectivity index (χ0v) is 9.12. The molecule has 2 atom stereocenters. The van der Waals surface area contributed by atoms with Crippen molar-refractivity contribution in [2.24, 2.45) is 5.73 Å². The summed E-state index contributed by atoms with van der Waals surface area (Å²) in [5, 5.41) is 3.36. The fourth-order valence-electron chi connectivity index (χ4n) is 1.92. The molecule has 1 heterocycles. The Labute approximate surface area is 85.8 Å². The summed E-state index contributed by atoms with van der Waals surface area (Å²) >= 11 is 0. The van der Waals surface area contributed by atoms with Crippen molar-refractivity contribution in [3.63, 3.8) is 0 Å². The molecule has 0 radical (unpaired) electrons. The van der Waals surface area contributed by atoms with Gasteiger partial charge < -0.3 is 11.1 Å². The van der Waals surface area contributed by atoms with E-state index in [2.05, 4.69) is 10.2 Å². The monoisotopic (exact) mass is 199 g/mol. The molecule has 0 spiro atoms. The first-order chi connectivity index (χ1) is 6.63. The van der Waals surface area contributed by atoms with Crippen LogP contribution in [0.25, 0.3) is 0 Å². The summed E-state index contributed by atoms with van der Waals surface area (Å²) in [4.78, 5) is 13.1. The lowest BCUT2D eigenvalue weighted by Gasteiger charge is -2.30. The van der Waals surface area contributed by atoms with Gasteiger partial charge in [-0.3, -0.25) is 9.69 Å². The number of likely N-dealkylation sites (N-methyl/N-ethyl adjacent to an activating group) is 1. The van der Waals surface area contributed by atoms with Gasteiger partial charge in [-0.2, -0.15) is 0 Å². The van der Waals surface area contributed by atoms with Crippen LogP contribution in [0.3, 0.4) is 0 Å². The molecule has 1 aliphatic heterocycles. The van der Waals surface area contributed by atoms with Crippen LogP contribution in [0.4, 0.5) is 0 Å². The van der Waals surface area contributed by atoms with Gasteiger partial charge in [-0.25, -0.2) is 0 Å². The fourth-order valence-corrected chi connectivity index (χ4v) is 1.92. The molecule has 3 N–H and O–H groups in total. The predicted molar refractivity (Wildman–Crippen MR) is 56.9 cm³/mol. The van der Waals surface area contributed by atoms with E-state index in [9.17, 15) is 4.79 Å². The lowest BCUT2D eigenvalue weighted by atomic mass is 10.1. The second-order valence-corrected chi connectivity index (χ2v) is 4.08. The van der Waals surface area contributed by atoms with E-state index in [1.54, 1.807) is 0 Å². The normalized spacial score (nSPS) is 25.8. The van der Waals surface area contributed by atoms with Crippen molar-refractivity contribution in [1.29, 1.82) is 0 Å². The van der Waals surface area contributed by atoms with E-state index in [4.69, 9.17) is 5.73 Å². The molecule has 0 saturated carbocycles. The Bertz CT molecular complexity index is 188. The number of carbonyl (C=O) groups excluding carboxylic acids is 1. The summed E-state index contributed by atoms with van der Waals surface area (Å²) in [6.07, 6.45) is 3.44. The molecule has 1 fully saturated rings. The molecular formula is C10H21N3O. The minimum absolute atomic E-state index is 0.155. The maximum absolute atomic E-state index is 11.0. The summed E-state index contributed by atoms with van der Waals surface area (Å²) in [5.74, 6) is -0.232. The maximum atomic E-state index is 11.0. The first-order valence-electron chi connectivity index (χ1n) is 5.35. The Morgan fingerprint density at radius 1 is 1.50 bits per heavy atom. The third-order valence-electron chi connectivity index (χ3n) is 3.14. The molecule has 1 saturated heterocycles. The number of hydrogen-bond donors (Lipinski definition) is 2. The van der Waals surface area contributed by atoms with Gasteiger partial charge >= 0.3 is 0 Å². The van der Waals surface area contributed by atoms with Crippen molar-refractivity contribution < 1.29 is 4.79 Å². The highest BCUT2D eigenvalue weighted by molar-refractivity contribution is 5.79. The molecule has 1 rings (SSSR count). The maximum Gasteiger partial charge on any atom is 0.234 e. The highest BCUT2D eigenvalue weighted by atomic mass is 16.1. The molecule has 4 nitrogen and oxygen atoms in total. The summed E-state index contributed by atoms with van der Waals surface area (Å²) in [6, 6.07) is 0.339. The van der Waals surface area contributed by atoms with Gasteiger partial charge in [0, 0.05) is 6.04 Å². The molecule has 82 valence electrons. The van der Waals surface area contributed by atoms with E-state index >= 15 is 0 Å². The van der Waals surface area contributed by atoms with E-state index in [0.29, 0.717) is 6.04 Å². The highest BCUT2D eigenvalue weighted by Crippen LogP contribution is 2.13. The van der Waals surface area contributed by atoms with Crippen LogP contribution in [0.5, 0.6) is 0 Å². The highest BCUT2D eigenvalue weighted by Gasteiger charge is 2.23. The molecule has 0 aromatic carbocycles. The fraction of sp³-hybridized carbons (Fsp3) is 0.900. The third-order valence-corrected chi connectivity index (χ3v) is 3.14. The van der Waals surface area contributed by atoms with Gasteiger partial charge in [-0.15, -0.1) is 0 Å². The van der Waals surface area contributed by atoms with Gasteiger partial charge in [0.25, 0.3) is 0 Å². The topological polar surface area (TPSA) is 58.4 Å². The summed E-state index contributed by atoms with van der Waals surface area (Å²) in [7, 11) is 1.99. The molecule has 0 aromatic rings. The van der Waals surface area contributed by atoms with E-state index in [1.165, 1.54) is 6.42 Å². The molecular weight excluding hydrogens is 178 g/mol. The average Bonchev–Trinajstić information content (AvgIpc) is 2.43. The van der Waals surface area contributed by atoms with Gasteiger partial charge in [-0.1, -0.05) is 0 Å². The number of primary amides is 1. The zero-order valence-electron chi connectivity index (χ0n) is 9.12. The standard InChI is InChI=1S/C10H21N3O/c1-8(10(11)14)13(2)9-4-3-6-12-7-5-9/h8-9,12H,3-7H2,1-2H3,(H2,11,14). The van der Waals surface area contributed by atoms with Crippen LogP contribution in [0.15, 0.2) is 0 Å². The quantitative estimate of drug-likeness (QED) is 0.669. The van der Waals surface area contributed by atoms with Crippen LogP contribution in [-0.4, -0.2) is 43.0 Å². The van der Waals surface area contributed by atoms with Crippen molar-refractivity contribution in [2.45, 2.75) is 38.3 Å². The molecule has 2 unspecified atom stereocenters. The molecule has 1 aliphatic rings. The van der Waals surface area contributed by atoms with Crippen molar-refractivity contribution in [3.8, 4) is 0 Å². The Morgan fingerprint density at radius 2 is 2.21 bits per heavy atom. The molecule has 4 heteroatoms. The molecule has 14 heavy (non-hydrogen) atoms. The summed E-state index contributed by atoms with van der Waals surface area (Å²) < 4.78 is 0. The third kappa shape index (κ3) is 2.96. The Hall–Kier alpha value is -0.610. The Kier molecular flexibility index (Phi) is 4.35. The van der Waals surface area contributed by atoms with Gasteiger partial charge in [-0.05, 0) is 46.3 Å². The van der Waals surface area contributed by atoms with Crippen molar-refractivity contribution in [1.82, 2.24) is 10.2 Å². The van der Waals surface area contributed by atoms with Gasteiger partial charge in [0.15, 0.2) is 0 Å². The van der Waals surface area contributed by atoms with Gasteiger partial charge in [0.2, 0.25) is 5.91 Å². The van der Waals surface area contributed by atoms with Gasteiger partial charge in [0.05, 0.1) is 6.04 Å². The Balaban J connectivity index is 2.48. The lowest BCUT2D eigenvalue weighted by Crippen LogP contribution is -2.46. The van der Waals surface area contributed by atoms with Crippen LogP contribution < -0.4 is 11.1 Å². The molecule has 0 aromatic heterocycles. The van der Waals surface area contributed by atoms with Crippen molar-refractivity contribution in [3.05, 3.63) is 0 Å². The molecule has 1 amide bonds. The van der Waals surface area contributed by atoms with Crippen LogP contribution >= 0.6 is 0 Å². The van der Waals surface area contributed by atoms with E-state index < -0.39 is 0 Å². The summed E-state index contributed by atoms with van der Waals surface area (Å²) in [6.45, 7) is 4.01. The first-order valence-corrected chi connectivity index (χ1v) is 5.35. The number of amides is 1. The first kappa shape index (κ1) is 11.5. The van der Waals surface area contributed by atoms with Gasteiger partial charge in [0.1, 0.15) is 0 Å². The minimum atomic E-state index is -0.232. The Morgan fingerprint density at radius 3 is 2.86 bits per heavy atom. The SMILES string of the molecule is CC(C(N)=O)N(C)C1CCCNCC1. The number of nitrogens with one attached hydrogen (secondary N) is 1. The van der Waals surface area contributed by atoms with E-state index in [-0.39, 0.29) is 11.9 Å². The zero-order chi connectivity index (χ0) is 10.6. The lowest BCUT2D eigenvalue weighted by molar-refractivity contribution is -0.123. The van der Waals surface area contributed by atoms with Crippen LogP contribution in [0.2, 0.25) is 0 Å². The van der Waals surface area contributed by atoms with Crippen molar-refractivity contribution in [2.75, 3.05) is 20.1 Å².